The maximum Gasteiger partial charge on any atom is 0.260 e. The van der Waals surface area contributed by atoms with Crippen molar-refractivity contribution >= 4 is 33.2 Å². The molecule has 0 radical (unpaired) electrons. The van der Waals surface area contributed by atoms with Crippen molar-refractivity contribution in [2.45, 2.75) is 58.8 Å². The normalized spacial score (nSPS) is 15.7. The molecule has 0 saturated carbocycles. The van der Waals surface area contributed by atoms with Gasteiger partial charge in [0.15, 0.2) is 11.5 Å². The van der Waals surface area contributed by atoms with Crippen LogP contribution in [0.2, 0.25) is 5.02 Å². The second-order valence-electron chi connectivity index (χ2n) is 10.3. The van der Waals surface area contributed by atoms with Gasteiger partial charge in [0.25, 0.3) is 5.56 Å². The lowest BCUT2D eigenvalue weighted by atomic mass is 9.89. The second kappa shape index (κ2) is 12.0. The van der Waals surface area contributed by atoms with E-state index in [9.17, 15) is 4.79 Å². The minimum atomic E-state index is -0.104. The van der Waals surface area contributed by atoms with Crippen molar-refractivity contribution in [1.29, 1.82) is 0 Å². The molecule has 1 aliphatic rings. The zero-order chi connectivity index (χ0) is 27.5. The van der Waals surface area contributed by atoms with Crippen LogP contribution in [0.5, 0.6) is 17.2 Å². The standard InChI is InChI=1S/C31H35ClN2O4S/c1-5-19(3)21-9-6-7-10-24(21)37-13-8-14-38-28-23(32)16-20(17-25(28)36-4)29-33-30(35)27-22-12-11-18(2)15-26(22)39-31(27)34-29/h6-7,9-10,16-19H,5,8,11-15H2,1-4H3,(H,33,34,35)/t18-,19+/m0/s1. The van der Waals surface area contributed by atoms with Crippen LogP contribution in [0.1, 0.15) is 62.0 Å². The monoisotopic (exact) mass is 566 g/mol. The molecule has 2 aromatic carbocycles. The number of benzene rings is 2. The lowest BCUT2D eigenvalue weighted by Crippen LogP contribution is -2.13. The first-order chi connectivity index (χ1) is 18.9. The molecule has 206 valence electrons. The van der Waals surface area contributed by atoms with Gasteiger partial charge in [-0.1, -0.05) is 50.6 Å². The average Bonchev–Trinajstić information content (AvgIpc) is 3.31. The van der Waals surface area contributed by atoms with Gasteiger partial charge in [0.05, 0.1) is 30.7 Å². The summed E-state index contributed by atoms with van der Waals surface area (Å²) in [5, 5.41) is 1.13. The molecule has 0 fully saturated rings. The van der Waals surface area contributed by atoms with Crippen LogP contribution in [-0.4, -0.2) is 30.3 Å². The third kappa shape index (κ3) is 5.80. The minimum absolute atomic E-state index is 0.104. The summed E-state index contributed by atoms with van der Waals surface area (Å²) >= 11 is 8.28. The first-order valence-electron chi connectivity index (χ1n) is 13.7. The summed E-state index contributed by atoms with van der Waals surface area (Å²) < 4.78 is 17.7. The number of halogens is 1. The molecule has 0 aliphatic heterocycles. The Labute approximate surface area is 238 Å². The van der Waals surface area contributed by atoms with Crippen LogP contribution in [0.4, 0.5) is 0 Å². The predicted octanol–water partition coefficient (Wildman–Crippen LogP) is 7.80. The number of nitrogens with one attached hydrogen (secondary N) is 1. The number of H-pyrrole nitrogens is 1. The van der Waals surface area contributed by atoms with Crippen molar-refractivity contribution in [2.75, 3.05) is 20.3 Å². The zero-order valence-corrected chi connectivity index (χ0v) is 24.5. The van der Waals surface area contributed by atoms with E-state index in [1.165, 1.54) is 16.0 Å². The third-order valence-electron chi connectivity index (χ3n) is 7.52. The predicted molar refractivity (Wildman–Crippen MR) is 159 cm³/mol. The largest absolute Gasteiger partial charge is 0.493 e. The average molecular weight is 567 g/mol. The molecule has 2 aromatic heterocycles. The number of thiophene rings is 1. The smallest absolute Gasteiger partial charge is 0.260 e. The van der Waals surface area contributed by atoms with E-state index in [0.717, 1.165) is 41.6 Å². The number of aryl methyl sites for hydroxylation is 1. The van der Waals surface area contributed by atoms with Gasteiger partial charge in [-0.05, 0) is 66.8 Å². The van der Waals surface area contributed by atoms with E-state index in [0.29, 0.717) is 59.4 Å². The quantitative estimate of drug-likeness (QED) is 0.198. The highest BCUT2D eigenvalue weighted by molar-refractivity contribution is 7.18. The number of hydrogen-bond donors (Lipinski definition) is 1. The number of rotatable bonds is 10. The van der Waals surface area contributed by atoms with Crippen LogP contribution in [-0.2, 0) is 12.8 Å². The van der Waals surface area contributed by atoms with Crippen LogP contribution >= 0.6 is 22.9 Å². The number of nitrogens with zero attached hydrogens (tertiary/aromatic N) is 1. The van der Waals surface area contributed by atoms with Crippen LogP contribution in [0.15, 0.2) is 41.2 Å². The van der Waals surface area contributed by atoms with Crippen molar-refractivity contribution in [2.24, 2.45) is 5.92 Å². The summed E-state index contributed by atoms with van der Waals surface area (Å²) in [7, 11) is 1.57. The molecule has 1 N–H and O–H groups in total. The minimum Gasteiger partial charge on any atom is -0.493 e. The molecule has 2 atom stereocenters. The van der Waals surface area contributed by atoms with E-state index in [-0.39, 0.29) is 5.56 Å². The molecule has 8 heteroatoms. The number of para-hydroxylation sites is 1. The van der Waals surface area contributed by atoms with E-state index < -0.39 is 0 Å². The van der Waals surface area contributed by atoms with E-state index in [4.69, 9.17) is 30.8 Å². The summed E-state index contributed by atoms with van der Waals surface area (Å²) in [6.07, 6.45) is 4.78. The van der Waals surface area contributed by atoms with Crippen LogP contribution in [0.3, 0.4) is 0 Å². The molecule has 4 aromatic rings. The summed E-state index contributed by atoms with van der Waals surface area (Å²) in [5.41, 5.74) is 2.96. The molecule has 0 spiro atoms. The zero-order valence-electron chi connectivity index (χ0n) is 22.9. The number of aromatic amines is 1. The van der Waals surface area contributed by atoms with Gasteiger partial charge < -0.3 is 19.2 Å². The van der Waals surface area contributed by atoms with Crippen molar-refractivity contribution in [1.82, 2.24) is 9.97 Å². The summed E-state index contributed by atoms with van der Waals surface area (Å²) in [6.45, 7) is 7.59. The molecular weight excluding hydrogens is 532 g/mol. The van der Waals surface area contributed by atoms with Crippen LogP contribution in [0.25, 0.3) is 21.6 Å². The highest BCUT2D eigenvalue weighted by Crippen LogP contribution is 2.40. The summed E-state index contributed by atoms with van der Waals surface area (Å²) in [5.74, 6) is 3.42. The Morgan fingerprint density at radius 2 is 1.97 bits per heavy atom. The van der Waals surface area contributed by atoms with E-state index in [2.05, 4.69) is 31.8 Å². The fourth-order valence-electron chi connectivity index (χ4n) is 5.14. The van der Waals surface area contributed by atoms with Crippen molar-refractivity contribution < 1.29 is 14.2 Å². The van der Waals surface area contributed by atoms with E-state index in [1.807, 2.05) is 18.2 Å². The third-order valence-corrected chi connectivity index (χ3v) is 8.95. The Morgan fingerprint density at radius 3 is 2.77 bits per heavy atom. The molecule has 1 aliphatic carbocycles. The Kier molecular flexibility index (Phi) is 8.48. The van der Waals surface area contributed by atoms with Gasteiger partial charge in [-0.15, -0.1) is 11.3 Å². The SMILES string of the molecule is CC[C@@H](C)c1ccccc1OCCCOc1c(Cl)cc(-c2nc3sc4c(c3c(=O)[nH]2)CC[C@H](C)C4)cc1OC. The number of methoxy groups -OCH3 is 1. The van der Waals surface area contributed by atoms with Gasteiger partial charge in [0, 0.05) is 16.9 Å². The number of aromatic nitrogens is 2. The molecule has 6 nitrogen and oxygen atoms in total. The molecule has 2 heterocycles. The lowest BCUT2D eigenvalue weighted by Gasteiger charge is -2.17. The first-order valence-corrected chi connectivity index (χ1v) is 14.9. The maximum absolute atomic E-state index is 13.1. The van der Waals surface area contributed by atoms with E-state index in [1.54, 1.807) is 30.6 Å². The second-order valence-corrected chi connectivity index (χ2v) is 11.8. The molecule has 0 saturated heterocycles. The number of fused-ring (bicyclic) bond motifs is 3. The number of hydrogen-bond acceptors (Lipinski definition) is 6. The van der Waals surface area contributed by atoms with Crippen LogP contribution in [0, 0.1) is 5.92 Å². The van der Waals surface area contributed by atoms with Crippen molar-refractivity contribution in [3.05, 3.63) is 67.8 Å². The summed E-state index contributed by atoms with van der Waals surface area (Å²) in [6, 6.07) is 11.8. The fourth-order valence-corrected chi connectivity index (χ4v) is 6.79. The first kappa shape index (κ1) is 27.5. The highest BCUT2D eigenvalue weighted by Gasteiger charge is 2.24. The van der Waals surface area contributed by atoms with Gasteiger partial charge in [-0.2, -0.15) is 0 Å². The Balaban J connectivity index is 1.29. The van der Waals surface area contributed by atoms with Crippen molar-refractivity contribution in [3.63, 3.8) is 0 Å². The molecule has 5 rings (SSSR count). The van der Waals surface area contributed by atoms with Gasteiger partial charge in [0.2, 0.25) is 0 Å². The number of ether oxygens (including phenoxy) is 3. The van der Waals surface area contributed by atoms with Crippen LogP contribution < -0.4 is 19.8 Å². The fraction of sp³-hybridized carbons (Fsp3) is 0.419. The molecule has 0 amide bonds. The Bertz CT molecular complexity index is 1530. The summed E-state index contributed by atoms with van der Waals surface area (Å²) in [4.78, 5) is 22.9. The highest BCUT2D eigenvalue weighted by atomic mass is 35.5. The maximum atomic E-state index is 13.1. The van der Waals surface area contributed by atoms with Gasteiger partial charge in [-0.25, -0.2) is 4.98 Å². The topological polar surface area (TPSA) is 73.4 Å². The van der Waals surface area contributed by atoms with Gasteiger partial charge >= 0.3 is 0 Å². The van der Waals surface area contributed by atoms with E-state index >= 15 is 0 Å². The lowest BCUT2D eigenvalue weighted by molar-refractivity contribution is 0.239. The molecule has 0 bridgehead atoms. The molecule has 39 heavy (non-hydrogen) atoms. The van der Waals surface area contributed by atoms with Gasteiger partial charge in [-0.3, -0.25) is 4.79 Å². The Hall–Kier alpha value is -3.03. The van der Waals surface area contributed by atoms with Crippen molar-refractivity contribution in [3.8, 4) is 28.6 Å². The molecule has 0 unspecified atom stereocenters. The molecular formula is C31H35ClN2O4S. The van der Waals surface area contributed by atoms with Gasteiger partial charge in [0.1, 0.15) is 16.4 Å². The Morgan fingerprint density at radius 1 is 1.18 bits per heavy atom.